The summed E-state index contributed by atoms with van der Waals surface area (Å²) < 4.78 is 0. The van der Waals surface area contributed by atoms with Gasteiger partial charge in [0.25, 0.3) is 11.6 Å². The molecule has 1 aromatic carbocycles. The van der Waals surface area contributed by atoms with Crippen molar-refractivity contribution in [1.29, 1.82) is 0 Å². The van der Waals surface area contributed by atoms with Crippen molar-refractivity contribution in [2.45, 2.75) is 39.7 Å². The minimum absolute atomic E-state index is 0.0640. The highest BCUT2D eigenvalue weighted by Crippen LogP contribution is 2.13. The Labute approximate surface area is 113 Å². The van der Waals surface area contributed by atoms with Gasteiger partial charge in [0.05, 0.1) is 4.92 Å². The number of amides is 1. The van der Waals surface area contributed by atoms with E-state index in [9.17, 15) is 14.9 Å². The highest BCUT2D eigenvalue weighted by atomic mass is 16.6. The summed E-state index contributed by atoms with van der Waals surface area (Å²) >= 11 is 0. The van der Waals surface area contributed by atoms with Crippen LogP contribution in [0, 0.1) is 16.0 Å². The van der Waals surface area contributed by atoms with Crippen LogP contribution in [0.3, 0.4) is 0 Å². The van der Waals surface area contributed by atoms with Gasteiger partial charge in [0.1, 0.15) is 0 Å². The van der Waals surface area contributed by atoms with Crippen molar-refractivity contribution in [3.8, 4) is 0 Å². The summed E-state index contributed by atoms with van der Waals surface area (Å²) in [6.45, 7) is 6.21. The number of nitrogens with one attached hydrogen (secondary N) is 1. The first-order valence-corrected chi connectivity index (χ1v) is 6.45. The summed E-state index contributed by atoms with van der Waals surface area (Å²) in [6, 6.07) is 5.83. The van der Waals surface area contributed by atoms with Gasteiger partial charge in [-0.25, -0.2) is 0 Å². The van der Waals surface area contributed by atoms with Crippen molar-refractivity contribution >= 4 is 11.6 Å². The van der Waals surface area contributed by atoms with Crippen molar-refractivity contribution in [3.05, 3.63) is 39.9 Å². The zero-order valence-corrected chi connectivity index (χ0v) is 11.6. The van der Waals surface area contributed by atoms with Crippen LogP contribution in [0.2, 0.25) is 0 Å². The van der Waals surface area contributed by atoms with Gasteiger partial charge in [0.15, 0.2) is 0 Å². The van der Waals surface area contributed by atoms with E-state index >= 15 is 0 Å². The standard InChI is InChI=1S/C14H20N2O3/c1-10(2)7-8-11(3)15-14(17)12-5-4-6-13(9-12)16(18)19/h4-6,9-11H,7-8H2,1-3H3,(H,15,17)/t11-/m0/s1. The maximum Gasteiger partial charge on any atom is 0.270 e. The molecule has 1 atom stereocenters. The summed E-state index contributed by atoms with van der Waals surface area (Å²) in [5.74, 6) is 0.331. The first kappa shape index (κ1) is 15.1. The fourth-order valence-electron chi connectivity index (χ4n) is 1.72. The van der Waals surface area contributed by atoms with Gasteiger partial charge in [-0.05, 0) is 31.7 Å². The zero-order valence-electron chi connectivity index (χ0n) is 11.6. The monoisotopic (exact) mass is 264 g/mol. The quantitative estimate of drug-likeness (QED) is 0.633. The second kappa shape index (κ2) is 6.87. The molecule has 0 unspecified atom stereocenters. The van der Waals surface area contributed by atoms with Crippen molar-refractivity contribution in [3.63, 3.8) is 0 Å². The summed E-state index contributed by atoms with van der Waals surface area (Å²) in [7, 11) is 0. The molecule has 0 aromatic heterocycles. The molecule has 0 aliphatic rings. The molecule has 5 heteroatoms. The van der Waals surface area contributed by atoms with E-state index in [2.05, 4.69) is 19.2 Å². The lowest BCUT2D eigenvalue weighted by Gasteiger charge is -2.15. The number of nitro groups is 1. The van der Waals surface area contributed by atoms with Gasteiger partial charge in [0, 0.05) is 23.7 Å². The smallest absolute Gasteiger partial charge is 0.270 e. The number of hydrogen-bond donors (Lipinski definition) is 1. The van der Waals surface area contributed by atoms with Crippen molar-refractivity contribution in [1.82, 2.24) is 5.32 Å². The van der Waals surface area contributed by atoms with Gasteiger partial charge in [0.2, 0.25) is 0 Å². The van der Waals surface area contributed by atoms with E-state index in [4.69, 9.17) is 0 Å². The van der Waals surface area contributed by atoms with Crippen molar-refractivity contribution in [2.24, 2.45) is 5.92 Å². The lowest BCUT2D eigenvalue weighted by atomic mass is 10.0. The minimum Gasteiger partial charge on any atom is -0.350 e. The average molecular weight is 264 g/mol. The van der Waals surface area contributed by atoms with Crippen LogP contribution in [0.15, 0.2) is 24.3 Å². The molecule has 1 N–H and O–H groups in total. The minimum atomic E-state index is -0.501. The summed E-state index contributed by atoms with van der Waals surface area (Å²) in [5, 5.41) is 13.5. The second-order valence-corrected chi connectivity index (χ2v) is 5.15. The summed E-state index contributed by atoms with van der Waals surface area (Å²) in [4.78, 5) is 22.1. The number of non-ortho nitro benzene ring substituents is 1. The first-order valence-electron chi connectivity index (χ1n) is 6.45. The number of hydrogen-bond acceptors (Lipinski definition) is 3. The Hall–Kier alpha value is -1.91. The molecule has 5 nitrogen and oxygen atoms in total. The highest BCUT2D eigenvalue weighted by Gasteiger charge is 2.13. The van der Waals surface area contributed by atoms with Gasteiger partial charge < -0.3 is 5.32 Å². The molecule has 19 heavy (non-hydrogen) atoms. The largest absolute Gasteiger partial charge is 0.350 e. The van der Waals surface area contributed by atoms with Crippen LogP contribution in [-0.4, -0.2) is 16.9 Å². The van der Waals surface area contributed by atoms with Crippen molar-refractivity contribution in [2.75, 3.05) is 0 Å². The topological polar surface area (TPSA) is 72.2 Å². The molecular formula is C14H20N2O3. The molecule has 0 bridgehead atoms. The van der Waals surface area contributed by atoms with Crippen LogP contribution < -0.4 is 5.32 Å². The van der Waals surface area contributed by atoms with Crippen LogP contribution >= 0.6 is 0 Å². The highest BCUT2D eigenvalue weighted by molar-refractivity contribution is 5.94. The lowest BCUT2D eigenvalue weighted by Crippen LogP contribution is -2.32. The third-order valence-corrected chi connectivity index (χ3v) is 2.87. The van der Waals surface area contributed by atoms with Gasteiger partial charge in [-0.3, -0.25) is 14.9 Å². The van der Waals surface area contributed by atoms with Crippen LogP contribution in [-0.2, 0) is 0 Å². The summed E-state index contributed by atoms with van der Waals surface area (Å²) in [6.07, 6.45) is 1.94. The number of benzene rings is 1. The molecule has 0 spiro atoms. The SMILES string of the molecule is CC(C)CC[C@H](C)NC(=O)c1cccc([N+](=O)[O-])c1. The Balaban J connectivity index is 2.62. The first-order chi connectivity index (χ1) is 8.90. The van der Waals surface area contributed by atoms with Gasteiger partial charge >= 0.3 is 0 Å². The zero-order chi connectivity index (χ0) is 14.4. The van der Waals surface area contributed by atoms with E-state index in [1.165, 1.54) is 18.2 Å². The Morgan fingerprint density at radius 2 is 2.00 bits per heavy atom. The van der Waals surface area contributed by atoms with E-state index in [-0.39, 0.29) is 17.6 Å². The number of nitrogens with zero attached hydrogens (tertiary/aromatic N) is 1. The van der Waals surface area contributed by atoms with E-state index in [0.29, 0.717) is 11.5 Å². The summed E-state index contributed by atoms with van der Waals surface area (Å²) in [5.41, 5.74) is 0.257. The van der Waals surface area contributed by atoms with Gasteiger partial charge in [-0.15, -0.1) is 0 Å². The molecule has 104 valence electrons. The lowest BCUT2D eigenvalue weighted by molar-refractivity contribution is -0.384. The predicted octanol–water partition coefficient (Wildman–Crippen LogP) is 3.15. The Bertz CT molecular complexity index is 458. The van der Waals surface area contributed by atoms with Gasteiger partial charge in [-0.2, -0.15) is 0 Å². The molecule has 0 fully saturated rings. The molecule has 0 heterocycles. The molecule has 1 amide bonds. The van der Waals surface area contributed by atoms with E-state index in [0.717, 1.165) is 12.8 Å². The average Bonchev–Trinajstić information content (AvgIpc) is 2.36. The number of carbonyl (C=O) groups excluding carboxylic acids is 1. The molecule has 0 aliphatic carbocycles. The van der Waals surface area contributed by atoms with E-state index in [1.807, 2.05) is 6.92 Å². The molecule has 1 aromatic rings. The molecule has 0 saturated carbocycles. The Morgan fingerprint density at radius 1 is 1.32 bits per heavy atom. The maximum atomic E-state index is 11.9. The third-order valence-electron chi connectivity index (χ3n) is 2.87. The fraction of sp³-hybridized carbons (Fsp3) is 0.500. The van der Waals surface area contributed by atoms with Crippen LogP contribution in [0.1, 0.15) is 44.0 Å². The molecule has 0 saturated heterocycles. The number of nitro benzene ring substituents is 1. The molecule has 0 aliphatic heterocycles. The van der Waals surface area contributed by atoms with Crippen LogP contribution in [0.25, 0.3) is 0 Å². The third kappa shape index (κ3) is 5.07. The molecule has 1 rings (SSSR count). The van der Waals surface area contributed by atoms with Crippen molar-refractivity contribution < 1.29 is 9.72 Å². The fourth-order valence-corrected chi connectivity index (χ4v) is 1.72. The molecular weight excluding hydrogens is 244 g/mol. The Kier molecular flexibility index (Phi) is 5.48. The van der Waals surface area contributed by atoms with Gasteiger partial charge in [-0.1, -0.05) is 19.9 Å². The normalized spacial score (nSPS) is 12.2. The second-order valence-electron chi connectivity index (χ2n) is 5.15. The predicted molar refractivity (Wildman–Crippen MR) is 74.1 cm³/mol. The molecule has 0 radical (unpaired) electrons. The Morgan fingerprint density at radius 3 is 2.58 bits per heavy atom. The van der Waals surface area contributed by atoms with Crippen LogP contribution in [0.5, 0.6) is 0 Å². The number of carbonyl (C=O) groups is 1. The number of rotatable bonds is 6. The van der Waals surface area contributed by atoms with E-state index < -0.39 is 4.92 Å². The van der Waals surface area contributed by atoms with Crippen LogP contribution in [0.4, 0.5) is 5.69 Å². The van der Waals surface area contributed by atoms with E-state index in [1.54, 1.807) is 6.07 Å². The maximum absolute atomic E-state index is 11.9.